The van der Waals surface area contributed by atoms with E-state index in [9.17, 15) is 4.79 Å². The SMILES string of the molecule is CNC(=O)CNC1CCCN(C)C1. The molecular weight excluding hydrogens is 166 g/mol. The maximum absolute atomic E-state index is 10.9. The van der Waals surface area contributed by atoms with E-state index in [1.165, 1.54) is 19.4 Å². The van der Waals surface area contributed by atoms with E-state index in [0.29, 0.717) is 12.6 Å². The lowest BCUT2D eigenvalue weighted by molar-refractivity contribution is -0.119. The molecule has 1 fully saturated rings. The summed E-state index contributed by atoms with van der Waals surface area (Å²) in [5, 5.41) is 5.85. The summed E-state index contributed by atoms with van der Waals surface area (Å²) in [6.45, 7) is 2.67. The predicted octanol–water partition coefficient (Wildman–Crippen LogP) is -0.584. The quantitative estimate of drug-likeness (QED) is 0.618. The van der Waals surface area contributed by atoms with E-state index in [4.69, 9.17) is 0 Å². The van der Waals surface area contributed by atoms with Gasteiger partial charge in [-0.3, -0.25) is 4.79 Å². The third kappa shape index (κ3) is 3.74. The van der Waals surface area contributed by atoms with Gasteiger partial charge in [-0.1, -0.05) is 0 Å². The van der Waals surface area contributed by atoms with Crippen molar-refractivity contribution in [2.75, 3.05) is 33.7 Å². The molecule has 1 atom stereocenters. The molecule has 0 aromatic carbocycles. The molecular formula is C9H19N3O. The molecule has 4 heteroatoms. The highest BCUT2D eigenvalue weighted by molar-refractivity contribution is 5.77. The summed E-state index contributed by atoms with van der Waals surface area (Å²) in [4.78, 5) is 13.2. The van der Waals surface area contributed by atoms with E-state index in [1.54, 1.807) is 7.05 Å². The molecule has 0 bridgehead atoms. The minimum atomic E-state index is 0.0632. The Hall–Kier alpha value is -0.610. The van der Waals surface area contributed by atoms with Crippen LogP contribution in [-0.4, -0.2) is 50.6 Å². The van der Waals surface area contributed by atoms with E-state index in [2.05, 4.69) is 22.6 Å². The molecule has 76 valence electrons. The Morgan fingerprint density at radius 1 is 1.62 bits per heavy atom. The first-order chi connectivity index (χ1) is 6.22. The average Bonchev–Trinajstić information content (AvgIpc) is 2.14. The normalized spacial score (nSPS) is 24.3. The molecule has 1 unspecified atom stereocenters. The number of hydrogen-bond acceptors (Lipinski definition) is 3. The van der Waals surface area contributed by atoms with Crippen LogP contribution in [0.3, 0.4) is 0 Å². The van der Waals surface area contributed by atoms with Crippen LogP contribution in [0.5, 0.6) is 0 Å². The second-order valence-corrected chi connectivity index (χ2v) is 3.66. The number of carbonyl (C=O) groups excluding carboxylic acids is 1. The van der Waals surface area contributed by atoms with Crippen LogP contribution in [0, 0.1) is 0 Å². The lowest BCUT2D eigenvalue weighted by Crippen LogP contribution is -2.46. The Bertz CT molecular complexity index is 172. The number of carbonyl (C=O) groups is 1. The molecule has 1 amide bonds. The molecule has 1 heterocycles. The van der Waals surface area contributed by atoms with Gasteiger partial charge in [-0.2, -0.15) is 0 Å². The standard InChI is InChI=1S/C9H19N3O/c1-10-9(13)6-11-8-4-3-5-12(2)7-8/h8,11H,3-7H2,1-2H3,(H,10,13). The van der Waals surface area contributed by atoms with Gasteiger partial charge in [-0.15, -0.1) is 0 Å². The summed E-state index contributed by atoms with van der Waals surface area (Å²) in [6.07, 6.45) is 2.41. The molecule has 13 heavy (non-hydrogen) atoms. The zero-order chi connectivity index (χ0) is 9.68. The maximum Gasteiger partial charge on any atom is 0.233 e. The first-order valence-electron chi connectivity index (χ1n) is 4.85. The second kappa shape index (κ2) is 5.19. The van der Waals surface area contributed by atoms with Gasteiger partial charge in [0.25, 0.3) is 0 Å². The van der Waals surface area contributed by atoms with Crippen LogP contribution in [0.4, 0.5) is 0 Å². The fourth-order valence-corrected chi connectivity index (χ4v) is 1.66. The van der Waals surface area contributed by atoms with E-state index in [-0.39, 0.29) is 5.91 Å². The highest BCUT2D eigenvalue weighted by atomic mass is 16.1. The summed E-state index contributed by atoms with van der Waals surface area (Å²) in [7, 11) is 3.78. The Morgan fingerprint density at radius 3 is 3.00 bits per heavy atom. The van der Waals surface area contributed by atoms with Gasteiger partial charge in [0.15, 0.2) is 0 Å². The van der Waals surface area contributed by atoms with Crippen LogP contribution in [0.1, 0.15) is 12.8 Å². The topological polar surface area (TPSA) is 44.4 Å². The van der Waals surface area contributed by atoms with Gasteiger partial charge >= 0.3 is 0 Å². The van der Waals surface area contributed by atoms with Crippen molar-refractivity contribution in [2.24, 2.45) is 0 Å². The molecule has 0 aromatic rings. The van der Waals surface area contributed by atoms with Crippen LogP contribution in [0.25, 0.3) is 0 Å². The van der Waals surface area contributed by atoms with Gasteiger partial charge in [0, 0.05) is 19.6 Å². The second-order valence-electron chi connectivity index (χ2n) is 3.66. The number of piperidine rings is 1. The Morgan fingerprint density at radius 2 is 2.38 bits per heavy atom. The van der Waals surface area contributed by atoms with E-state index in [0.717, 1.165) is 6.54 Å². The molecule has 1 rings (SSSR count). The van der Waals surface area contributed by atoms with Gasteiger partial charge in [0.1, 0.15) is 0 Å². The lowest BCUT2D eigenvalue weighted by Gasteiger charge is -2.30. The van der Waals surface area contributed by atoms with Crippen LogP contribution in [-0.2, 0) is 4.79 Å². The van der Waals surface area contributed by atoms with Gasteiger partial charge in [0.05, 0.1) is 6.54 Å². The number of likely N-dealkylation sites (N-methyl/N-ethyl adjacent to an activating group) is 2. The first kappa shape index (κ1) is 10.5. The fourth-order valence-electron chi connectivity index (χ4n) is 1.66. The van der Waals surface area contributed by atoms with Crippen LogP contribution < -0.4 is 10.6 Å². The Kier molecular flexibility index (Phi) is 4.18. The predicted molar refractivity (Wildman–Crippen MR) is 52.6 cm³/mol. The summed E-state index contributed by atoms with van der Waals surface area (Å²) < 4.78 is 0. The number of nitrogens with zero attached hydrogens (tertiary/aromatic N) is 1. The minimum absolute atomic E-state index is 0.0632. The van der Waals surface area contributed by atoms with Gasteiger partial charge in [-0.05, 0) is 26.4 Å². The van der Waals surface area contributed by atoms with Gasteiger partial charge in [-0.25, -0.2) is 0 Å². The molecule has 0 aliphatic carbocycles. The van der Waals surface area contributed by atoms with Crippen molar-refractivity contribution in [1.82, 2.24) is 15.5 Å². The Labute approximate surface area is 79.7 Å². The van der Waals surface area contributed by atoms with Gasteiger partial charge in [0.2, 0.25) is 5.91 Å². The molecule has 1 saturated heterocycles. The highest BCUT2D eigenvalue weighted by Crippen LogP contribution is 2.06. The first-order valence-corrected chi connectivity index (χ1v) is 4.85. The molecule has 2 N–H and O–H groups in total. The number of rotatable bonds is 3. The molecule has 4 nitrogen and oxygen atoms in total. The summed E-state index contributed by atoms with van der Waals surface area (Å²) in [6, 6.07) is 0.482. The average molecular weight is 185 g/mol. The van der Waals surface area contributed by atoms with E-state index in [1.807, 2.05) is 0 Å². The van der Waals surface area contributed by atoms with Crippen molar-refractivity contribution in [3.05, 3.63) is 0 Å². The number of nitrogens with one attached hydrogen (secondary N) is 2. The van der Waals surface area contributed by atoms with Crippen molar-refractivity contribution < 1.29 is 4.79 Å². The van der Waals surface area contributed by atoms with Crippen molar-refractivity contribution in [3.63, 3.8) is 0 Å². The number of hydrogen-bond donors (Lipinski definition) is 2. The fraction of sp³-hybridized carbons (Fsp3) is 0.889. The van der Waals surface area contributed by atoms with Crippen molar-refractivity contribution in [3.8, 4) is 0 Å². The molecule has 0 aromatic heterocycles. The van der Waals surface area contributed by atoms with Gasteiger partial charge < -0.3 is 15.5 Å². The molecule has 0 spiro atoms. The van der Waals surface area contributed by atoms with Crippen molar-refractivity contribution in [2.45, 2.75) is 18.9 Å². The van der Waals surface area contributed by atoms with Crippen LogP contribution in [0.15, 0.2) is 0 Å². The summed E-state index contributed by atoms with van der Waals surface area (Å²) in [5.41, 5.74) is 0. The monoisotopic (exact) mass is 185 g/mol. The molecule has 1 aliphatic heterocycles. The minimum Gasteiger partial charge on any atom is -0.358 e. The zero-order valence-corrected chi connectivity index (χ0v) is 8.47. The van der Waals surface area contributed by atoms with E-state index < -0.39 is 0 Å². The highest BCUT2D eigenvalue weighted by Gasteiger charge is 2.16. The number of likely N-dealkylation sites (tertiary alicyclic amines) is 1. The van der Waals surface area contributed by atoms with Crippen LogP contribution in [0.2, 0.25) is 0 Å². The third-order valence-corrected chi connectivity index (χ3v) is 2.45. The van der Waals surface area contributed by atoms with Crippen LogP contribution >= 0.6 is 0 Å². The largest absolute Gasteiger partial charge is 0.358 e. The molecule has 1 aliphatic rings. The van der Waals surface area contributed by atoms with E-state index >= 15 is 0 Å². The molecule has 0 saturated carbocycles. The van der Waals surface area contributed by atoms with Crippen molar-refractivity contribution >= 4 is 5.91 Å². The Balaban J connectivity index is 2.17. The third-order valence-electron chi connectivity index (χ3n) is 2.45. The maximum atomic E-state index is 10.9. The smallest absolute Gasteiger partial charge is 0.233 e. The summed E-state index contributed by atoms with van der Waals surface area (Å²) >= 11 is 0. The summed E-state index contributed by atoms with van der Waals surface area (Å²) in [5.74, 6) is 0.0632. The number of amides is 1. The molecule has 0 radical (unpaired) electrons. The van der Waals surface area contributed by atoms with Crippen molar-refractivity contribution in [1.29, 1.82) is 0 Å². The lowest BCUT2D eigenvalue weighted by atomic mass is 10.1. The zero-order valence-electron chi connectivity index (χ0n) is 8.47.